The summed E-state index contributed by atoms with van der Waals surface area (Å²) in [5.41, 5.74) is 2.37. The fraction of sp³-hybridized carbons (Fsp3) is 0.310. The monoisotopic (exact) mass is 655 g/mol. The van der Waals surface area contributed by atoms with Crippen molar-refractivity contribution in [2.45, 2.75) is 26.2 Å². The molecule has 2 amide bonds. The fourth-order valence-corrected chi connectivity index (χ4v) is 6.21. The molecule has 0 unspecified atom stereocenters. The number of fused-ring (bicyclic) bond motifs is 1. The topological polar surface area (TPSA) is 150 Å². The Morgan fingerprint density at radius 3 is 2.41 bits per heavy atom. The Morgan fingerprint density at radius 2 is 1.76 bits per heavy atom. The van der Waals surface area contributed by atoms with Gasteiger partial charge in [0, 0.05) is 36.3 Å². The molecule has 2 aromatic carbocycles. The molecule has 5 rings (SSSR count). The number of aryl methyl sites for hydroxylation is 1. The number of halogens is 2. The van der Waals surface area contributed by atoms with Crippen molar-refractivity contribution in [3.8, 4) is 10.4 Å². The molecule has 0 aliphatic carbocycles. The number of hydrogen-bond acceptors (Lipinski definition) is 10. The molecule has 2 N–H and O–H groups in total. The number of amides is 2. The number of carbonyl (C=O) groups is 1. The third-order valence-corrected chi connectivity index (χ3v) is 8.46. The first-order valence-electron chi connectivity index (χ1n) is 14.0. The van der Waals surface area contributed by atoms with Crippen LogP contribution in [0.5, 0.6) is 0 Å². The lowest BCUT2D eigenvalue weighted by atomic mass is 10.1. The molecule has 46 heavy (non-hydrogen) atoms. The van der Waals surface area contributed by atoms with Crippen LogP contribution in [0.25, 0.3) is 20.7 Å². The fourth-order valence-electron chi connectivity index (χ4n) is 4.91. The van der Waals surface area contributed by atoms with Gasteiger partial charge < -0.3 is 10.1 Å². The number of nitrogens with one attached hydrogen (secondary N) is 2. The maximum atomic E-state index is 14.9. The van der Waals surface area contributed by atoms with Crippen molar-refractivity contribution in [2.24, 2.45) is 0 Å². The molecule has 5 aromatic rings. The predicted molar refractivity (Wildman–Crippen MR) is 166 cm³/mol. The van der Waals surface area contributed by atoms with Crippen LogP contribution in [0, 0.1) is 11.6 Å². The molecule has 0 aliphatic heterocycles. The summed E-state index contributed by atoms with van der Waals surface area (Å²) >= 11 is 1.17. The molecule has 0 saturated carbocycles. The summed E-state index contributed by atoms with van der Waals surface area (Å²) in [4.78, 5) is 48.8. The van der Waals surface area contributed by atoms with E-state index < -0.39 is 35.5 Å². The second-order valence-corrected chi connectivity index (χ2v) is 11.2. The molecule has 14 nitrogen and oxygen atoms in total. The quantitative estimate of drug-likeness (QED) is 0.183. The molecule has 0 fully saturated rings. The first kappa shape index (κ1) is 32.6. The van der Waals surface area contributed by atoms with Crippen LogP contribution in [-0.4, -0.2) is 74.7 Å². The van der Waals surface area contributed by atoms with E-state index in [9.17, 15) is 23.2 Å². The summed E-state index contributed by atoms with van der Waals surface area (Å²) in [6.45, 7) is 0.756. The van der Waals surface area contributed by atoms with Gasteiger partial charge in [-0.3, -0.25) is 23.7 Å². The average Bonchev–Trinajstić information content (AvgIpc) is 3.68. The second-order valence-electron chi connectivity index (χ2n) is 10.2. The van der Waals surface area contributed by atoms with Gasteiger partial charge in [0.25, 0.3) is 5.56 Å². The van der Waals surface area contributed by atoms with E-state index >= 15 is 0 Å². The first-order chi connectivity index (χ1) is 22.2. The average molecular weight is 656 g/mol. The lowest BCUT2D eigenvalue weighted by Crippen LogP contribution is -2.41. The Bertz CT molecular complexity index is 1920. The number of ether oxygens (including phenoxy) is 1. The van der Waals surface area contributed by atoms with Gasteiger partial charge in [0.1, 0.15) is 16.5 Å². The van der Waals surface area contributed by atoms with Crippen molar-refractivity contribution >= 4 is 33.3 Å². The van der Waals surface area contributed by atoms with E-state index in [0.717, 1.165) is 16.7 Å². The number of hydroxylamine groups is 1. The van der Waals surface area contributed by atoms with Crippen molar-refractivity contribution in [1.82, 2.24) is 39.7 Å². The summed E-state index contributed by atoms with van der Waals surface area (Å²) < 4.78 is 37.3. The van der Waals surface area contributed by atoms with E-state index in [1.54, 1.807) is 31.4 Å². The smallest absolute Gasteiger partial charge is 0.343 e. The van der Waals surface area contributed by atoms with E-state index in [1.165, 1.54) is 40.2 Å². The summed E-state index contributed by atoms with van der Waals surface area (Å²) in [5.74, 6) is -1.64. The van der Waals surface area contributed by atoms with Crippen LogP contribution in [0.15, 0.2) is 58.4 Å². The number of likely N-dealkylation sites (N-methyl/N-ethyl adjacent to an activating group) is 1. The van der Waals surface area contributed by atoms with E-state index in [-0.39, 0.29) is 28.9 Å². The number of rotatable bonds is 13. The number of nitrogens with zero attached hydrogens (tertiary/aromatic N) is 7. The van der Waals surface area contributed by atoms with Gasteiger partial charge in [-0.2, -0.15) is 4.80 Å². The number of benzene rings is 2. The van der Waals surface area contributed by atoms with E-state index in [4.69, 9.17) is 4.74 Å². The molecule has 242 valence electrons. The molecule has 0 spiro atoms. The molecule has 17 heteroatoms. The zero-order chi connectivity index (χ0) is 32.8. The Hall–Kier alpha value is -4.84. The minimum atomic E-state index is -0.818. The van der Waals surface area contributed by atoms with Gasteiger partial charge in [0.15, 0.2) is 6.33 Å². The van der Waals surface area contributed by atoms with Gasteiger partial charge in [-0.1, -0.05) is 18.2 Å². The van der Waals surface area contributed by atoms with Gasteiger partial charge in [-0.15, -0.1) is 21.5 Å². The number of urea groups is 1. The highest BCUT2D eigenvalue weighted by Crippen LogP contribution is 2.38. The second kappa shape index (κ2) is 14.5. The van der Waals surface area contributed by atoms with Crippen LogP contribution in [0.3, 0.4) is 0 Å². The molecule has 0 saturated heterocycles. The van der Waals surface area contributed by atoms with Gasteiger partial charge in [-0.05, 0) is 47.7 Å². The minimum absolute atomic E-state index is 0.0554. The largest absolute Gasteiger partial charge is 0.383 e. The number of hydrogen-bond donors (Lipinski definition) is 2. The summed E-state index contributed by atoms with van der Waals surface area (Å²) in [5, 5.41) is 14.3. The molecular formula is C29H31F2N9O5S. The van der Waals surface area contributed by atoms with E-state index in [0.29, 0.717) is 41.4 Å². The summed E-state index contributed by atoms with van der Waals surface area (Å²) in [6.07, 6.45) is 1.23. The standard InChI is InChI=1S/C29H31F2N9O5S/c1-37(13-14-44-2)15-21-24-26(41)38(11-12-40-33-17-32-36-40)29(43)39(16-20-22(30)5-4-6-23(20)31)27(24)46-25(21)18-7-9-19(10-8-18)34-28(42)35-45-3/h4-10,17H,11-16H2,1-3H3,(H2,34,35,42). The van der Waals surface area contributed by atoms with Crippen LogP contribution in [0.4, 0.5) is 19.3 Å². The molecule has 3 heterocycles. The molecule has 0 aliphatic rings. The van der Waals surface area contributed by atoms with Crippen molar-refractivity contribution in [3.63, 3.8) is 0 Å². The zero-order valence-electron chi connectivity index (χ0n) is 25.2. The lowest BCUT2D eigenvalue weighted by molar-refractivity contribution is 0.114. The van der Waals surface area contributed by atoms with E-state index in [1.807, 2.05) is 11.9 Å². The molecule has 0 atom stereocenters. The van der Waals surface area contributed by atoms with Crippen LogP contribution >= 0.6 is 11.3 Å². The van der Waals surface area contributed by atoms with E-state index in [2.05, 4.69) is 31.0 Å². The third-order valence-electron chi connectivity index (χ3n) is 7.15. The Kier molecular flexibility index (Phi) is 10.3. The van der Waals surface area contributed by atoms with Crippen LogP contribution in [0.2, 0.25) is 0 Å². The Balaban J connectivity index is 1.71. The van der Waals surface area contributed by atoms with Crippen molar-refractivity contribution < 1.29 is 23.1 Å². The molecule has 0 radical (unpaired) electrons. The highest BCUT2D eigenvalue weighted by molar-refractivity contribution is 7.22. The van der Waals surface area contributed by atoms with Gasteiger partial charge in [0.05, 0.1) is 38.7 Å². The highest BCUT2D eigenvalue weighted by atomic mass is 32.1. The van der Waals surface area contributed by atoms with Crippen molar-refractivity contribution in [2.75, 3.05) is 39.7 Å². The number of anilines is 1. The number of thiophene rings is 1. The van der Waals surface area contributed by atoms with Crippen molar-refractivity contribution in [1.29, 1.82) is 0 Å². The number of carbonyl (C=O) groups excluding carboxylic acids is 1. The zero-order valence-corrected chi connectivity index (χ0v) is 26.0. The Labute approximate surface area is 264 Å². The summed E-state index contributed by atoms with van der Waals surface area (Å²) in [7, 11) is 4.77. The molecular weight excluding hydrogens is 624 g/mol. The minimum Gasteiger partial charge on any atom is -0.383 e. The number of methoxy groups -OCH3 is 1. The maximum Gasteiger partial charge on any atom is 0.343 e. The van der Waals surface area contributed by atoms with Gasteiger partial charge in [0.2, 0.25) is 0 Å². The predicted octanol–water partition coefficient (Wildman–Crippen LogP) is 2.67. The third kappa shape index (κ3) is 7.02. The number of aromatic nitrogens is 6. The van der Waals surface area contributed by atoms with Crippen LogP contribution in [0.1, 0.15) is 11.1 Å². The van der Waals surface area contributed by atoms with Crippen LogP contribution < -0.4 is 22.0 Å². The first-order valence-corrected chi connectivity index (χ1v) is 14.8. The normalized spacial score (nSPS) is 11.4. The highest BCUT2D eigenvalue weighted by Gasteiger charge is 2.25. The molecule has 0 bridgehead atoms. The maximum absolute atomic E-state index is 14.9. The SMILES string of the molecule is COCCN(C)Cc1c(-c2ccc(NC(=O)NOC)cc2)sc2c1c(=O)n(CCn1ncnn1)c(=O)n2Cc1c(F)cccc1F. The molecule has 3 aromatic heterocycles. The number of tetrazole rings is 1. The lowest BCUT2D eigenvalue weighted by Gasteiger charge is -2.18. The van der Waals surface area contributed by atoms with Crippen LogP contribution in [-0.2, 0) is 35.8 Å². The Morgan fingerprint density at radius 1 is 1.02 bits per heavy atom. The van der Waals surface area contributed by atoms with Gasteiger partial charge >= 0.3 is 11.7 Å². The summed E-state index contributed by atoms with van der Waals surface area (Å²) in [6, 6.07) is 9.80. The van der Waals surface area contributed by atoms with Gasteiger partial charge in [-0.25, -0.2) is 23.9 Å². The van der Waals surface area contributed by atoms with Crippen molar-refractivity contribution in [3.05, 3.63) is 92.4 Å².